The van der Waals surface area contributed by atoms with Gasteiger partial charge in [-0.25, -0.2) is 0 Å². The van der Waals surface area contributed by atoms with Crippen LogP contribution in [0.4, 0.5) is 5.69 Å². The van der Waals surface area contributed by atoms with Crippen LogP contribution in [0.2, 0.25) is 5.02 Å². The van der Waals surface area contributed by atoms with Gasteiger partial charge in [0, 0.05) is 40.9 Å². The van der Waals surface area contributed by atoms with Gasteiger partial charge in [-0.15, -0.1) is 11.8 Å². The van der Waals surface area contributed by atoms with E-state index in [2.05, 4.69) is 47.5 Å². The van der Waals surface area contributed by atoms with E-state index >= 15 is 0 Å². The van der Waals surface area contributed by atoms with Gasteiger partial charge in [0.05, 0.1) is 5.69 Å². The molecule has 5 heteroatoms. The summed E-state index contributed by atoms with van der Waals surface area (Å²) in [5.41, 5.74) is 5.35. The molecule has 1 N–H and O–H groups in total. The Labute approximate surface area is 181 Å². The van der Waals surface area contributed by atoms with Crippen molar-refractivity contribution in [3.63, 3.8) is 0 Å². The number of nitrogens with one attached hydrogen (secondary N) is 1. The molecule has 0 radical (unpaired) electrons. The van der Waals surface area contributed by atoms with Crippen LogP contribution in [0.1, 0.15) is 27.0 Å². The molecule has 3 aromatic carbocycles. The molecular weight excluding hydrogens is 400 g/mol. The highest BCUT2D eigenvalue weighted by Gasteiger charge is 2.19. The molecule has 1 heterocycles. The molecule has 0 aliphatic carbocycles. The van der Waals surface area contributed by atoms with Crippen LogP contribution in [-0.2, 0) is 13.1 Å². The number of hydrogen-bond donors (Lipinski definition) is 1. The number of halogens is 1. The molecule has 0 spiro atoms. The highest BCUT2D eigenvalue weighted by molar-refractivity contribution is 7.99. The number of thioether (sulfide) groups is 1. The molecule has 3 nitrogen and oxygen atoms in total. The standard InChI is InChI=1S/C24H23ClN2OS/c1-17-5-7-18(8-6-17)16-27-11-12-29-23-10-9-20(14-22(23)27)24(28)26-15-19-3-2-4-21(25)13-19/h2-10,13-14H,11-12,15-16H2,1H3,(H,26,28). The molecule has 4 rings (SSSR count). The van der Waals surface area contributed by atoms with Crippen molar-refractivity contribution in [3.05, 3.63) is 94.0 Å². The van der Waals surface area contributed by atoms with E-state index in [4.69, 9.17) is 11.6 Å². The Morgan fingerprint density at radius 1 is 1.07 bits per heavy atom. The van der Waals surface area contributed by atoms with E-state index in [1.165, 1.54) is 16.0 Å². The minimum Gasteiger partial charge on any atom is -0.365 e. The van der Waals surface area contributed by atoms with Gasteiger partial charge >= 0.3 is 0 Å². The first-order chi connectivity index (χ1) is 14.1. The number of benzene rings is 3. The van der Waals surface area contributed by atoms with E-state index in [1.54, 1.807) is 0 Å². The van der Waals surface area contributed by atoms with Crippen LogP contribution >= 0.6 is 23.4 Å². The first kappa shape index (κ1) is 19.9. The van der Waals surface area contributed by atoms with Gasteiger partial charge in [0.15, 0.2) is 0 Å². The number of aryl methyl sites for hydroxylation is 1. The molecule has 29 heavy (non-hydrogen) atoms. The van der Waals surface area contributed by atoms with Gasteiger partial charge in [-0.2, -0.15) is 0 Å². The third kappa shape index (κ3) is 4.95. The van der Waals surface area contributed by atoms with E-state index in [0.29, 0.717) is 17.1 Å². The van der Waals surface area contributed by atoms with Crippen molar-refractivity contribution in [2.75, 3.05) is 17.2 Å². The van der Waals surface area contributed by atoms with Crippen molar-refractivity contribution in [2.24, 2.45) is 0 Å². The predicted molar refractivity (Wildman–Crippen MR) is 122 cm³/mol. The number of fused-ring (bicyclic) bond motifs is 1. The molecule has 0 aromatic heterocycles. The third-order valence-electron chi connectivity index (χ3n) is 5.02. The quantitative estimate of drug-likeness (QED) is 0.573. The number of nitrogens with zero attached hydrogens (tertiary/aromatic N) is 1. The predicted octanol–water partition coefficient (Wildman–Crippen LogP) is 5.69. The SMILES string of the molecule is Cc1ccc(CN2CCSc3ccc(C(=O)NCc4cccc(Cl)c4)cc32)cc1. The van der Waals surface area contributed by atoms with Crippen LogP contribution in [0, 0.1) is 6.92 Å². The highest BCUT2D eigenvalue weighted by Crippen LogP contribution is 2.36. The number of carbonyl (C=O) groups excluding carboxylic acids is 1. The Hall–Kier alpha value is -2.43. The van der Waals surface area contributed by atoms with Gasteiger partial charge < -0.3 is 10.2 Å². The lowest BCUT2D eigenvalue weighted by Crippen LogP contribution is -2.29. The average Bonchev–Trinajstić information content (AvgIpc) is 2.73. The lowest BCUT2D eigenvalue weighted by molar-refractivity contribution is 0.0951. The fraction of sp³-hybridized carbons (Fsp3) is 0.208. The van der Waals surface area contributed by atoms with E-state index < -0.39 is 0 Å². The van der Waals surface area contributed by atoms with Crippen LogP contribution in [0.25, 0.3) is 0 Å². The zero-order valence-electron chi connectivity index (χ0n) is 16.3. The van der Waals surface area contributed by atoms with Gasteiger partial charge in [-0.3, -0.25) is 4.79 Å². The van der Waals surface area contributed by atoms with Crippen molar-refractivity contribution >= 4 is 35.0 Å². The minimum atomic E-state index is -0.0707. The zero-order valence-corrected chi connectivity index (χ0v) is 17.9. The summed E-state index contributed by atoms with van der Waals surface area (Å²) in [5, 5.41) is 3.67. The summed E-state index contributed by atoms with van der Waals surface area (Å²) in [6, 6.07) is 22.2. The van der Waals surface area contributed by atoms with Gasteiger partial charge in [-0.1, -0.05) is 53.6 Å². The smallest absolute Gasteiger partial charge is 0.251 e. The van der Waals surface area contributed by atoms with Crippen molar-refractivity contribution < 1.29 is 4.79 Å². The van der Waals surface area contributed by atoms with Gasteiger partial charge in [-0.05, 0) is 48.4 Å². The Morgan fingerprint density at radius 3 is 2.69 bits per heavy atom. The minimum absolute atomic E-state index is 0.0707. The summed E-state index contributed by atoms with van der Waals surface area (Å²) in [7, 11) is 0. The molecule has 0 saturated heterocycles. The molecule has 148 valence electrons. The molecule has 3 aromatic rings. The molecular formula is C24H23ClN2OS. The number of hydrogen-bond acceptors (Lipinski definition) is 3. The summed E-state index contributed by atoms with van der Waals surface area (Å²) >= 11 is 7.88. The van der Waals surface area contributed by atoms with Gasteiger partial charge in [0.25, 0.3) is 5.91 Å². The van der Waals surface area contributed by atoms with Crippen molar-refractivity contribution in [2.45, 2.75) is 24.9 Å². The monoisotopic (exact) mass is 422 g/mol. The zero-order chi connectivity index (χ0) is 20.2. The molecule has 1 aliphatic rings. The van der Waals surface area contributed by atoms with E-state index in [0.717, 1.165) is 30.1 Å². The molecule has 1 aliphatic heterocycles. The summed E-state index contributed by atoms with van der Waals surface area (Å²) < 4.78 is 0. The number of carbonyl (C=O) groups is 1. The fourth-order valence-electron chi connectivity index (χ4n) is 3.42. The number of amides is 1. The normalized spacial score (nSPS) is 13.1. The van der Waals surface area contributed by atoms with Gasteiger partial charge in [0.2, 0.25) is 0 Å². The fourth-order valence-corrected chi connectivity index (χ4v) is 4.67. The molecule has 0 unspecified atom stereocenters. The largest absolute Gasteiger partial charge is 0.365 e. The second kappa shape index (κ2) is 8.93. The maximum absolute atomic E-state index is 12.7. The first-order valence-corrected chi connectivity index (χ1v) is 11.0. The van der Waals surface area contributed by atoms with E-state index in [-0.39, 0.29) is 5.91 Å². The second-order valence-electron chi connectivity index (χ2n) is 7.25. The molecule has 1 amide bonds. The lowest BCUT2D eigenvalue weighted by Gasteiger charge is -2.31. The third-order valence-corrected chi connectivity index (χ3v) is 6.29. The second-order valence-corrected chi connectivity index (χ2v) is 8.82. The Kier molecular flexibility index (Phi) is 6.12. The van der Waals surface area contributed by atoms with Crippen LogP contribution in [-0.4, -0.2) is 18.2 Å². The lowest BCUT2D eigenvalue weighted by atomic mass is 10.1. The molecule has 0 bridgehead atoms. The average molecular weight is 423 g/mol. The van der Waals surface area contributed by atoms with Crippen molar-refractivity contribution in [1.29, 1.82) is 0 Å². The van der Waals surface area contributed by atoms with E-state index in [9.17, 15) is 4.79 Å². The van der Waals surface area contributed by atoms with Crippen LogP contribution in [0.15, 0.2) is 71.6 Å². The van der Waals surface area contributed by atoms with Crippen LogP contribution in [0.5, 0.6) is 0 Å². The Balaban J connectivity index is 1.49. The highest BCUT2D eigenvalue weighted by atomic mass is 35.5. The maximum Gasteiger partial charge on any atom is 0.251 e. The summed E-state index contributed by atoms with van der Waals surface area (Å²) in [5.74, 6) is 0.984. The maximum atomic E-state index is 12.7. The van der Waals surface area contributed by atoms with Crippen LogP contribution in [0.3, 0.4) is 0 Å². The summed E-state index contributed by atoms with van der Waals surface area (Å²) in [6.45, 7) is 4.38. The molecule has 0 atom stereocenters. The summed E-state index contributed by atoms with van der Waals surface area (Å²) in [4.78, 5) is 16.3. The molecule has 0 fully saturated rings. The summed E-state index contributed by atoms with van der Waals surface area (Å²) in [6.07, 6.45) is 0. The first-order valence-electron chi connectivity index (χ1n) is 9.68. The Bertz CT molecular complexity index is 1020. The van der Waals surface area contributed by atoms with Crippen molar-refractivity contribution in [3.8, 4) is 0 Å². The number of rotatable bonds is 5. The van der Waals surface area contributed by atoms with Crippen molar-refractivity contribution in [1.82, 2.24) is 5.32 Å². The van der Waals surface area contributed by atoms with Gasteiger partial charge in [0.1, 0.15) is 0 Å². The van der Waals surface area contributed by atoms with Crippen LogP contribution < -0.4 is 10.2 Å². The number of anilines is 1. The molecule has 0 saturated carbocycles. The topological polar surface area (TPSA) is 32.3 Å². The van der Waals surface area contributed by atoms with E-state index in [1.807, 2.05) is 48.2 Å². The Morgan fingerprint density at radius 2 is 1.90 bits per heavy atom.